The van der Waals surface area contributed by atoms with E-state index in [1.54, 1.807) is 4.90 Å². The summed E-state index contributed by atoms with van der Waals surface area (Å²) in [5.41, 5.74) is 2.98. The van der Waals surface area contributed by atoms with Crippen LogP contribution < -0.4 is 4.90 Å². The Labute approximate surface area is 170 Å². The molecule has 1 aliphatic heterocycles. The van der Waals surface area contributed by atoms with Gasteiger partial charge in [-0.1, -0.05) is 17.7 Å². The van der Waals surface area contributed by atoms with Crippen molar-refractivity contribution in [3.63, 3.8) is 0 Å². The van der Waals surface area contributed by atoms with E-state index in [1.807, 2.05) is 32.9 Å². The zero-order valence-electron chi connectivity index (χ0n) is 17.0. The van der Waals surface area contributed by atoms with E-state index >= 15 is 0 Å². The summed E-state index contributed by atoms with van der Waals surface area (Å²) in [7, 11) is 0. The SMILES string of the molecule is CCN(C(=O)C1CCN(C(=O)c2ccc(F)cc2F)CC1)c1ccc(C)cc1C. The van der Waals surface area contributed by atoms with Crippen molar-refractivity contribution in [1.82, 2.24) is 4.90 Å². The molecule has 1 aliphatic rings. The fourth-order valence-electron chi connectivity index (χ4n) is 3.94. The average Bonchev–Trinajstić information content (AvgIpc) is 2.69. The van der Waals surface area contributed by atoms with Crippen LogP contribution in [0.3, 0.4) is 0 Å². The minimum atomic E-state index is -0.861. The summed E-state index contributed by atoms with van der Waals surface area (Å²) >= 11 is 0. The summed E-state index contributed by atoms with van der Waals surface area (Å²) in [6, 6.07) is 8.99. The van der Waals surface area contributed by atoms with Gasteiger partial charge in [-0.2, -0.15) is 0 Å². The molecule has 154 valence electrons. The van der Waals surface area contributed by atoms with Crippen LogP contribution in [0.15, 0.2) is 36.4 Å². The molecule has 29 heavy (non-hydrogen) atoms. The lowest BCUT2D eigenvalue weighted by Crippen LogP contribution is -2.44. The average molecular weight is 400 g/mol. The highest BCUT2D eigenvalue weighted by Crippen LogP contribution is 2.27. The molecule has 3 rings (SSSR count). The van der Waals surface area contributed by atoms with Crippen LogP contribution in [-0.2, 0) is 4.79 Å². The summed E-state index contributed by atoms with van der Waals surface area (Å²) in [4.78, 5) is 29.0. The lowest BCUT2D eigenvalue weighted by atomic mass is 9.94. The van der Waals surface area contributed by atoms with E-state index in [0.29, 0.717) is 38.5 Å². The number of aryl methyl sites for hydroxylation is 2. The third-order valence-electron chi connectivity index (χ3n) is 5.52. The van der Waals surface area contributed by atoms with Crippen molar-refractivity contribution in [3.8, 4) is 0 Å². The van der Waals surface area contributed by atoms with Crippen LogP contribution in [0, 0.1) is 31.4 Å². The Bertz CT molecular complexity index is 921. The first-order valence-corrected chi connectivity index (χ1v) is 9.94. The Kier molecular flexibility index (Phi) is 6.30. The molecule has 0 radical (unpaired) electrons. The van der Waals surface area contributed by atoms with Gasteiger partial charge in [0.2, 0.25) is 5.91 Å². The summed E-state index contributed by atoms with van der Waals surface area (Å²) in [5.74, 6) is -2.16. The van der Waals surface area contributed by atoms with E-state index in [2.05, 4.69) is 6.07 Å². The second kappa shape index (κ2) is 8.72. The van der Waals surface area contributed by atoms with Gasteiger partial charge < -0.3 is 9.80 Å². The summed E-state index contributed by atoms with van der Waals surface area (Å²) in [5, 5.41) is 0. The maximum absolute atomic E-state index is 13.9. The monoisotopic (exact) mass is 400 g/mol. The van der Waals surface area contributed by atoms with Gasteiger partial charge in [0.15, 0.2) is 0 Å². The number of anilines is 1. The molecular weight excluding hydrogens is 374 g/mol. The molecule has 0 atom stereocenters. The highest BCUT2D eigenvalue weighted by Gasteiger charge is 2.31. The number of rotatable bonds is 4. The zero-order valence-corrected chi connectivity index (χ0v) is 17.0. The van der Waals surface area contributed by atoms with Crippen molar-refractivity contribution >= 4 is 17.5 Å². The Balaban J connectivity index is 1.67. The number of hydrogen-bond donors (Lipinski definition) is 0. The second-order valence-electron chi connectivity index (χ2n) is 7.56. The Morgan fingerprint density at radius 3 is 2.34 bits per heavy atom. The first-order valence-electron chi connectivity index (χ1n) is 9.94. The molecule has 0 N–H and O–H groups in total. The van der Waals surface area contributed by atoms with Gasteiger partial charge in [-0.05, 0) is 57.4 Å². The Morgan fingerprint density at radius 1 is 1.07 bits per heavy atom. The van der Waals surface area contributed by atoms with Crippen LogP contribution in [0.25, 0.3) is 0 Å². The van der Waals surface area contributed by atoms with E-state index in [-0.39, 0.29) is 17.4 Å². The number of likely N-dealkylation sites (tertiary alicyclic amines) is 1. The van der Waals surface area contributed by atoms with Gasteiger partial charge in [0.1, 0.15) is 11.6 Å². The van der Waals surface area contributed by atoms with Crippen molar-refractivity contribution < 1.29 is 18.4 Å². The molecule has 1 saturated heterocycles. The van der Waals surface area contributed by atoms with Crippen molar-refractivity contribution in [2.24, 2.45) is 5.92 Å². The minimum Gasteiger partial charge on any atom is -0.339 e. The highest BCUT2D eigenvalue weighted by molar-refractivity contribution is 5.97. The smallest absolute Gasteiger partial charge is 0.256 e. The maximum atomic E-state index is 13.9. The number of halogens is 2. The van der Waals surface area contributed by atoms with Gasteiger partial charge in [-0.3, -0.25) is 9.59 Å². The number of nitrogens with zero attached hydrogens (tertiary/aromatic N) is 2. The van der Waals surface area contributed by atoms with Crippen LogP contribution in [0.2, 0.25) is 0 Å². The number of carbonyl (C=O) groups excluding carboxylic acids is 2. The number of benzene rings is 2. The quantitative estimate of drug-likeness (QED) is 0.759. The number of piperidine rings is 1. The van der Waals surface area contributed by atoms with E-state index in [9.17, 15) is 18.4 Å². The number of amides is 2. The molecule has 0 aromatic heterocycles. The molecule has 2 aromatic rings. The normalized spacial score (nSPS) is 14.7. The van der Waals surface area contributed by atoms with E-state index < -0.39 is 17.5 Å². The summed E-state index contributed by atoms with van der Waals surface area (Å²) in [6.07, 6.45) is 1.05. The van der Waals surface area contributed by atoms with E-state index in [0.717, 1.165) is 22.9 Å². The minimum absolute atomic E-state index is 0.0551. The van der Waals surface area contributed by atoms with Gasteiger partial charge in [-0.25, -0.2) is 8.78 Å². The zero-order chi connectivity index (χ0) is 21.1. The standard InChI is InChI=1S/C23H26F2N2O2/c1-4-27(21-8-5-15(2)13-16(21)3)22(28)17-9-11-26(12-10-17)23(29)19-7-6-18(24)14-20(19)25/h5-8,13-14,17H,4,9-12H2,1-3H3. The second-order valence-corrected chi connectivity index (χ2v) is 7.56. The molecule has 2 amide bonds. The topological polar surface area (TPSA) is 40.6 Å². The van der Waals surface area contributed by atoms with Crippen molar-refractivity contribution in [2.75, 3.05) is 24.5 Å². The first kappa shape index (κ1) is 21.0. The largest absolute Gasteiger partial charge is 0.339 e. The van der Waals surface area contributed by atoms with Crippen LogP contribution in [0.1, 0.15) is 41.3 Å². The number of hydrogen-bond acceptors (Lipinski definition) is 2. The van der Waals surface area contributed by atoms with E-state index in [4.69, 9.17) is 0 Å². The number of carbonyl (C=O) groups is 2. The fourth-order valence-corrected chi connectivity index (χ4v) is 3.94. The predicted molar refractivity (Wildman–Crippen MR) is 109 cm³/mol. The third kappa shape index (κ3) is 4.47. The van der Waals surface area contributed by atoms with Crippen molar-refractivity contribution in [2.45, 2.75) is 33.6 Å². The first-order chi connectivity index (χ1) is 13.8. The predicted octanol–water partition coefficient (Wildman–Crippen LogP) is 4.49. The van der Waals surface area contributed by atoms with E-state index in [1.165, 1.54) is 11.0 Å². The third-order valence-corrected chi connectivity index (χ3v) is 5.52. The molecule has 0 bridgehead atoms. The van der Waals surface area contributed by atoms with Gasteiger partial charge in [-0.15, -0.1) is 0 Å². The van der Waals surface area contributed by atoms with Crippen molar-refractivity contribution in [3.05, 3.63) is 64.7 Å². The highest BCUT2D eigenvalue weighted by atomic mass is 19.1. The Hall–Kier alpha value is -2.76. The molecule has 1 heterocycles. The molecule has 1 fully saturated rings. The molecule has 4 nitrogen and oxygen atoms in total. The van der Waals surface area contributed by atoms with Gasteiger partial charge >= 0.3 is 0 Å². The Morgan fingerprint density at radius 2 is 1.76 bits per heavy atom. The summed E-state index contributed by atoms with van der Waals surface area (Å²) in [6.45, 7) is 7.28. The van der Waals surface area contributed by atoms with Gasteiger partial charge in [0.25, 0.3) is 5.91 Å². The van der Waals surface area contributed by atoms with Crippen LogP contribution in [0.5, 0.6) is 0 Å². The van der Waals surface area contributed by atoms with Crippen LogP contribution in [0.4, 0.5) is 14.5 Å². The molecule has 2 aromatic carbocycles. The van der Waals surface area contributed by atoms with Crippen LogP contribution >= 0.6 is 0 Å². The molecule has 0 unspecified atom stereocenters. The molecule has 6 heteroatoms. The van der Waals surface area contributed by atoms with Crippen LogP contribution in [-0.4, -0.2) is 36.3 Å². The molecule has 0 aliphatic carbocycles. The fraction of sp³-hybridized carbons (Fsp3) is 0.391. The summed E-state index contributed by atoms with van der Waals surface area (Å²) < 4.78 is 27.0. The lowest BCUT2D eigenvalue weighted by molar-refractivity contribution is -0.123. The van der Waals surface area contributed by atoms with Gasteiger partial charge in [0, 0.05) is 37.3 Å². The van der Waals surface area contributed by atoms with Crippen molar-refractivity contribution in [1.29, 1.82) is 0 Å². The molecule has 0 spiro atoms. The molecule has 0 saturated carbocycles. The lowest BCUT2D eigenvalue weighted by Gasteiger charge is -2.34. The maximum Gasteiger partial charge on any atom is 0.256 e. The van der Waals surface area contributed by atoms with Gasteiger partial charge in [0.05, 0.1) is 5.56 Å². The molecular formula is C23H26F2N2O2.